The number of hydrogen-bond acceptors (Lipinski definition) is 8. The zero-order valence-corrected chi connectivity index (χ0v) is 20.5. The van der Waals surface area contributed by atoms with Crippen molar-refractivity contribution in [3.63, 3.8) is 0 Å². The summed E-state index contributed by atoms with van der Waals surface area (Å²) in [5.74, 6) is 0.178. The number of rotatable bonds is 8. The van der Waals surface area contributed by atoms with Gasteiger partial charge >= 0.3 is 0 Å². The molecule has 0 bridgehead atoms. The van der Waals surface area contributed by atoms with Crippen molar-refractivity contribution in [1.29, 1.82) is 0 Å². The van der Waals surface area contributed by atoms with Crippen LogP contribution >= 0.6 is 35.3 Å². The van der Waals surface area contributed by atoms with Crippen molar-refractivity contribution in [1.82, 2.24) is 15.2 Å². The van der Waals surface area contributed by atoms with Gasteiger partial charge in [-0.05, 0) is 45.4 Å². The second-order valence-electron chi connectivity index (χ2n) is 7.58. The fraction of sp³-hybridized carbons (Fsp3) is 0.381. The Morgan fingerprint density at radius 2 is 1.91 bits per heavy atom. The van der Waals surface area contributed by atoms with Gasteiger partial charge in [0.05, 0.1) is 17.2 Å². The van der Waals surface area contributed by atoms with E-state index in [1.54, 1.807) is 13.1 Å². The highest BCUT2D eigenvalue weighted by atomic mass is 35.5. The maximum Gasteiger partial charge on any atom is 0.165 e. The molecule has 0 aliphatic carbocycles. The van der Waals surface area contributed by atoms with Crippen LogP contribution in [0, 0.1) is 12.7 Å². The van der Waals surface area contributed by atoms with Crippen LogP contribution < -0.4 is 15.8 Å². The van der Waals surface area contributed by atoms with Gasteiger partial charge in [0.1, 0.15) is 22.4 Å². The van der Waals surface area contributed by atoms with Gasteiger partial charge in [-0.3, -0.25) is 0 Å². The molecule has 1 aromatic carbocycles. The monoisotopic (exact) mass is 501 g/mol. The second kappa shape index (κ2) is 11.2. The SMILES string of the molecule is Cc1cc(-c2nnc(-c3cc(F)c(OC[C@H](N)[C@H](C)O)cc3Cl)s2)cnc1NC(C)C.Cl. The maximum atomic E-state index is 14.6. The third-order valence-corrected chi connectivity index (χ3v) is 5.80. The lowest BCUT2D eigenvalue weighted by Gasteiger charge is -2.16. The zero-order chi connectivity index (χ0) is 22.7. The predicted molar refractivity (Wildman–Crippen MR) is 129 cm³/mol. The molecule has 11 heteroatoms. The first-order chi connectivity index (χ1) is 14.7. The van der Waals surface area contributed by atoms with Gasteiger partial charge in [0, 0.05) is 29.4 Å². The number of nitrogens with one attached hydrogen (secondary N) is 1. The summed E-state index contributed by atoms with van der Waals surface area (Å²) in [6.45, 7) is 7.57. The van der Waals surface area contributed by atoms with Crippen molar-refractivity contribution in [2.45, 2.75) is 45.9 Å². The average molecular weight is 502 g/mol. The Morgan fingerprint density at radius 3 is 2.53 bits per heavy atom. The number of hydrogen-bond donors (Lipinski definition) is 3. The van der Waals surface area contributed by atoms with E-state index in [1.165, 1.54) is 23.5 Å². The first-order valence-electron chi connectivity index (χ1n) is 9.78. The molecule has 2 aromatic heterocycles. The van der Waals surface area contributed by atoms with Gasteiger partial charge in [0.15, 0.2) is 11.6 Å². The molecule has 7 nitrogen and oxygen atoms in total. The van der Waals surface area contributed by atoms with Gasteiger partial charge in [-0.15, -0.1) is 22.6 Å². The molecule has 0 radical (unpaired) electrons. The zero-order valence-electron chi connectivity index (χ0n) is 18.1. The molecule has 0 saturated heterocycles. The highest BCUT2D eigenvalue weighted by Crippen LogP contribution is 2.37. The average Bonchev–Trinajstić information content (AvgIpc) is 3.19. The summed E-state index contributed by atoms with van der Waals surface area (Å²) in [5.41, 5.74) is 7.94. The summed E-state index contributed by atoms with van der Waals surface area (Å²) in [6.07, 6.45) is 0.956. The molecule has 0 spiro atoms. The van der Waals surface area contributed by atoms with Crippen molar-refractivity contribution < 1.29 is 14.2 Å². The molecule has 2 heterocycles. The van der Waals surface area contributed by atoms with Crippen LogP contribution in [0.5, 0.6) is 5.75 Å². The standard InChI is InChI=1S/C21H25ClFN5O2S.ClH/c1-10(2)26-19-11(3)5-13(8-25-19)20-27-28-21(31-20)14-6-16(23)18(7-15(14)22)30-9-17(24)12(4)29;/h5-8,10,12,17,29H,9,24H2,1-4H3,(H,25,26);1H/t12-,17-;/m0./s1. The Labute approximate surface area is 201 Å². The van der Waals surface area contributed by atoms with Gasteiger partial charge in [0.25, 0.3) is 0 Å². The van der Waals surface area contributed by atoms with E-state index in [2.05, 4.69) is 20.5 Å². The van der Waals surface area contributed by atoms with Gasteiger partial charge < -0.3 is 20.9 Å². The number of aryl methyl sites for hydroxylation is 1. The number of pyridine rings is 1. The summed E-state index contributed by atoms with van der Waals surface area (Å²) in [6, 6.07) is 4.25. The highest BCUT2D eigenvalue weighted by molar-refractivity contribution is 7.18. The third kappa shape index (κ3) is 6.26. The van der Waals surface area contributed by atoms with Gasteiger partial charge in [0.2, 0.25) is 0 Å². The normalized spacial score (nSPS) is 12.9. The van der Waals surface area contributed by atoms with Crippen LogP contribution in [0.4, 0.5) is 10.2 Å². The lowest BCUT2D eigenvalue weighted by atomic mass is 10.2. The summed E-state index contributed by atoms with van der Waals surface area (Å²) in [7, 11) is 0. The number of nitrogens with zero attached hydrogens (tertiary/aromatic N) is 3. The van der Waals surface area contributed by atoms with Crippen molar-refractivity contribution in [2.24, 2.45) is 5.73 Å². The highest BCUT2D eigenvalue weighted by Gasteiger charge is 2.18. The Hall–Kier alpha value is -2.04. The quantitative estimate of drug-likeness (QED) is 0.410. The molecule has 0 fully saturated rings. The van der Waals surface area contributed by atoms with Crippen LogP contribution in [0.2, 0.25) is 5.02 Å². The van der Waals surface area contributed by atoms with Crippen LogP contribution in [-0.4, -0.2) is 45.1 Å². The fourth-order valence-corrected chi connectivity index (χ4v) is 3.85. The van der Waals surface area contributed by atoms with Crippen LogP contribution in [0.1, 0.15) is 26.3 Å². The number of aliphatic hydroxyl groups is 1. The minimum absolute atomic E-state index is 0. The molecule has 4 N–H and O–H groups in total. The molecule has 0 aliphatic rings. The van der Waals surface area contributed by atoms with E-state index < -0.39 is 18.0 Å². The van der Waals surface area contributed by atoms with Crippen LogP contribution in [0.3, 0.4) is 0 Å². The molecule has 0 saturated carbocycles. The second-order valence-corrected chi connectivity index (χ2v) is 8.96. The molecule has 0 aliphatic heterocycles. The summed E-state index contributed by atoms with van der Waals surface area (Å²) in [4.78, 5) is 4.46. The van der Waals surface area contributed by atoms with E-state index >= 15 is 0 Å². The number of ether oxygens (including phenoxy) is 1. The number of halogens is 3. The fourth-order valence-electron chi connectivity index (χ4n) is 2.69. The Balaban J connectivity index is 0.00000363. The van der Waals surface area contributed by atoms with E-state index in [9.17, 15) is 9.50 Å². The molecule has 0 amide bonds. The summed E-state index contributed by atoms with van der Waals surface area (Å²) in [5, 5.41) is 22.5. The van der Waals surface area contributed by atoms with Crippen molar-refractivity contribution >= 4 is 41.2 Å². The molecule has 2 atom stereocenters. The van der Waals surface area contributed by atoms with E-state index in [4.69, 9.17) is 22.1 Å². The lowest BCUT2D eigenvalue weighted by molar-refractivity contribution is 0.129. The van der Waals surface area contributed by atoms with Crippen LogP contribution in [0.25, 0.3) is 21.1 Å². The number of anilines is 1. The first kappa shape index (κ1) is 26.2. The molecule has 3 aromatic rings. The van der Waals surface area contributed by atoms with Gasteiger partial charge in [-0.2, -0.15) is 0 Å². The molecule has 0 unspecified atom stereocenters. The van der Waals surface area contributed by atoms with E-state index in [-0.39, 0.29) is 35.8 Å². The van der Waals surface area contributed by atoms with E-state index in [0.717, 1.165) is 16.9 Å². The van der Waals surface area contributed by atoms with E-state index in [0.29, 0.717) is 15.6 Å². The van der Waals surface area contributed by atoms with Crippen LogP contribution in [0.15, 0.2) is 24.4 Å². The topological polar surface area (TPSA) is 106 Å². The number of aromatic nitrogens is 3. The molecular formula is C21H26Cl2FN5O2S. The summed E-state index contributed by atoms with van der Waals surface area (Å²) < 4.78 is 19.9. The molecule has 3 rings (SSSR count). The Bertz CT molecular complexity index is 1060. The Kier molecular flexibility index (Phi) is 9.18. The Morgan fingerprint density at radius 1 is 1.22 bits per heavy atom. The van der Waals surface area contributed by atoms with Crippen LogP contribution in [-0.2, 0) is 0 Å². The minimum atomic E-state index is -0.772. The lowest BCUT2D eigenvalue weighted by Crippen LogP contribution is -2.38. The van der Waals surface area contributed by atoms with Gasteiger partial charge in [-0.25, -0.2) is 9.37 Å². The smallest absolute Gasteiger partial charge is 0.165 e. The minimum Gasteiger partial charge on any atom is -0.489 e. The molecule has 174 valence electrons. The largest absolute Gasteiger partial charge is 0.489 e. The van der Waals surface area contributed by atoms with Crippen molar-refractivity contribution in [2.75, 3.05) is 11.9 Å². The van der Waals surface area contributed by atoms with Gasteiger partial charge in [-0.1, -0.05) is 22.9 Å². The van der Waals surface area contributed by atoms with E-state index in [1.807, 2.05) is 26.8 Å². The molecule has 32 heavy (non-hydrogen) atoms. The number of aliphatic hydroxyl groups excluding tert-OH is 1. The maximum absolute atomic E-state index is 14.6. The first-order valence-corrected chi connectivity index (χ1v) is 11.0. The summed E-state index contributed by atoms with van der Waals surface area (Å²) >= 11 is 7.65. The number of nitrogens with two attached hydrogens (primary N) is 1. The predicted octanol–water partition coefficient (Wildman–Crippen LogP) is 4.70. The molecular weight excluding hydrogens is 476 g/mol. The number of benzene rings is 1. The van der Waals surface area contributed by atoms with Crippen molar-refractivity contribution in [3.8, 4) is 26.9 Å². The third-order valence-electron chi connectivity index (χ3n) is 4.48. The van der Waals surface area contributed by atoms with Crippen molar-refractivity contribution in [3.05, 3.63) is 40.8 Å².